The van der Waals surface area contributed by atoms with Gasteiger partial charge in [-0.2, -0.15) is 0 Å². The van der Waals surface area contributed by atoms with Crippen LogP contribution in [0.3, 0.4) is 0 Å². The van der Waals surface area contributed by atoms with Crippen molar-refractivity contribution in [2.45, 2.75) is 69.7 Å². The molecule has 0 aliphatic carbocycles. The molecule has 9 heteroatoms. The van der Waals surface area contributed by atoms with E-state index >= 15 is 0 Å². The van der Waals surface area contributed by atoms with Gasteiger partial charge in [0.1, 0.15) is 5.82 Å². The number of hydrogen-bond acceptors (Lipinski definition) is 7. The van der Waals surface area contributed by atoms with Gasteiger partial charge in [-0.25, -0.2) is 18.1 Å². The van der Waals surface area contributed by atoms with Crippen molar-refractivity contribution < 1.29 is 17.9 Å². The van der Waals surface area contributed by atoms with Crippen molar-refractivity contribution in [3.05, 3.63) is 47.7 Å². The molecule has 2 aliphatic rings. The lowest BCUT2D eigenvalue weighted by atomic mass is 9.75. The van der Waals surface area contributed by atoms with Crippen LogP contribution >= 0.6 is 0 Å². The molecule has 8 nitrogen and oxygen atoms in total. The molecule has 1 unspecified atom stereocenters. The number of benzene rings is 1. The minimum absolute atomic E-state index is 0.0576. The Balaban J connectivity index is 1.71. The number of nitrogens with zero attached hydrogens (tertiary/aromatic N) is 2. The quantitative estimate of drug-likeness (QED) is 0.577. The molecule has 0 radical (unpaired) electrons. The van der Waals surface area contributed by atoms with Crippen LogP contribution < -0.4 is 15.4 Å². The Bertz CT molecular complexity index is 1230. The molecule has 2 aliphatic heterocycles. The lowest BCUT2D eigenvalue weighted by Crippen LogP contribution is -2.47. The van der Waals surface area contributed by atoms with Gasteiger partial charge in [0, 0.05) is 42.1 Å². The first-order valence-electron chi connectivity index (χ1n) is 12.6. The number of aromatic nitrogens is 1. The second kappa shape index (κ2) is 9.67. The molecule has 196 valence electrons. The van der Waals surface area contributed by atoms with Crippen LogP contribution in [0.4, 0.5) is 11.5 Å². The zero-order valence-electron chi connectivity index (χ0n) is 21.9. The average Bonchev–Trinajstić information content (AvgIpc) is 3.12. The zero-order chi connectivity index (χ0) is 26.3. The molecule has 36 heavy (non-hydrogen) atoms. The van der Waals surface area contributed by atoms with Crippen LogP contribution in [-0.4, -0.2) is 44.6 Å². The number of nitrogen functional groups attached to an aromatic ring is 1. The SMILES string of the molecule is CC(C)(C)c1ccc(C(=O)NS(=O)(=O)c2cccc(N)c2)c(N2CCC(C3CCOCC3)C2(C)C)n1. The van der Waals surface area contributed by atoms with E-state index in [-0.39, 0.29) is 21.4 Å². The Labute approximate surface area is 214 Å². The Morgan fingerprint density at radius 3 is 2.47 bits per heavy atom. The monoisotopic (exact) mass is 514 g/mol. The largest absolute Gasteiger partial charge is 0.399 e. The summed E-state index contributed by atoms with van der Waals surface area (Å²) in [4.78, 5) is 20.6. The number of sulfonamides is 1. The molecule has 1 atom stereocenters. The fraction of sp³-hybridized carbons (Fsp3) is 0.556. The van der Waals surface area contributed by atoms with Crippen molar-refractivity contribution in [1.29, 1.82) is 0 Å². The Morgan fingerprint density at radius 2 is 1.83 bits per heavy atom. The molecule has 1 aromatic carbocycles. The number of carbonyl (C=O) groups is 1. The number of amides is 1. The maximum absolute atomic E-state index is 13.4. The topological polar surface area (TPSA) is 115 Å². The number of anilines is 2. The molecule has 2 fully saturated rings. The van der Waals surface area contributed by atoms with E-state index in [1.807, 2.05) is 6.07 Å². The second-order valence-corrected chi connectivity index (χ2v) is 13.2. The summed E-state index contributed by atoms with van der Waals surface area (Å²) < 4.78 is 33.8. The lowest BCUT2D eigenvalue weighted by molar-refractivity contribution is 0.0382. The van der Waals surface area contributed by atoms with Crippen molar-refractivity contribution in [3.8, 4) is 0 Å². The highest BCUT2D eigenvalue weighted by Gasteiger charge is 2.47. The third-order valence-corrected chi connectivity index (χ3v) is 8.97. The molecule has 0 bridgehead atoms. The van der Waals surface area contributed by atoms with Gasteiger partial charge < -0.3 is 15.4 Å². The van der Waals surface area contributed by atoms with E-state index in [4.69, 9.17) is 15.5 Å². The molecular formula is C27H38N4O4S. The Hall–Kier alpha value is -2.65. The van der Waals surface area contributed by atoms with Gasteiger partial charge in [-0.05, 0) is 75.3 Å². The van der Waals surface area contributed by atoms with Crippen molar-refractivity contribution in [3.63, 3.8) is 0 Å². The maximum Gasteiger partial charge on any atom is 0.268 e. The summed E-state index contributed by atoms with van der Waals surface area (Å²) in [5.41, 5.74) is 6.67. The lowest BCUT2D eigenvalue weighted by Gasteiger charge is -2.42. The molecule has 1 aromatic heterocycles. The van der Waals surface area contributed by atoms with Gasteiger partial charge >= 0.3 is 0 Å². The zero-order valence-corrected chi connectivity index (χ0v) is 22.7. The molecule has 0 spiro atoms. The predicted molar refractivity (Wildman–Crippen MR) is 142 cm³/mol. The molecule has 2 aromatic rings. The summed E-state index contributed by atoms with van der Waals surface area (Å²) in [6, 6.07) is 9.39. The number of ether oxygens (including phenoxy) is 1. The first kappa shape index (κ1) is 26.4. The minimum atomic E-state index is -4.11. The van der Waals surface area contributed by atoms with E-state index in [2.05, 4.69) is 44.2 Å². The van der Waals surface area contributed by atoms with E-state index in [0.29, 0.717) is 23.3 Å². The fourth-order valence-corrected chi connectivity index (χ4v) is 6.61. The smallest absolute Gasteiger partial charge is 0.268 e. The number of hydrogen-bond donors (Lipinski definition) is 2. The first-order valence-corrected chi connectivity index (χ1v) is 14.1. The summed E-state index contributed by atoms with van der Waals surface area (Å²) >= 11 is 0. The number of nitrogens with one attached hydrogen (secondary N) is 1. The summed E-state index contributed by atoms with van der Waals surface area (Å²) in [6.07, 6.45) is 3.05. The van der Waals surface area contributed by atoms with E-state index in [1.54, 1.807) is 18.2 Å². The van der Waals surface area contributed by atoms with E-state index in [1.165, 1.54) is 12.1 Å². The summed E-state index contributed by atoms with van der Waals surface area (Å²) in [5, 5.41) is 0. The summed E-state index contributed by atoms with van der Waals surface area (Å²) in [6.45, 7) is 12.9. The van der Waals surface area contributed by atoms with Crippen LogP contribution in [0.25, 0.3) is 0 Å². The van der Waals surface area contributed by atoms with Crippen LogP contribution in [0.15, 0.2) is 41.3 Å². The minimum Gasteiger partial charge on any atom is -0.399 e. The van der Waals surface area contributed by atoms with Crippen LogP contribution in [0.1, 0.15) is 69.9 Å². The van der Waals surface area contributed by atoms with Crippen molar-refractivity contribution in [2.75, 3.05) is 30.4 Å². The highest BCUT2D eigenvalue weighted by atomic mass is 32.2. The molecule has 2 saturated heterocycles. The van der Waals surface area contributed by atoms with Crippen LogP contribution in [0, 0.1) is 11.8 Å². The van der Waals surface area contributed by atoms with Gasteiger partial charge in [0.15, 0.2) is 0 Å². The van der Waals surface area contributed by atoms with Gasteiger partial charge in [-0.3, -0.25) is 4.79 Å². The number of pyridine rings is 1. The summed E-state index contributed by atoms with van der Waals surface area (Å²) in [7, 11) is -4.11. The van der Waals surface area contributed by atoms with Crippen LogP contribution in [0.5, 0.6) is 0 Å². The second-order valence-electron chi connectivity index (χ2n) is 11.5. The maximum atomic E-state index is 13.4. The predicted octanol–water partition coefficient (Wildman–Crippen LogP) is 4.11. The number of rotatable bonds is 5. The standard InChI is InChI=1S/C27H38N4O4S/c1-26(2,3)23-10-9-21(25(32)30-36(33,34)20-8-6-7-19(28)17-20)24(29-23)31-14-11-22(27(31,4)5)18-12-15-35-16-13-18/h6-10,17-18,22H,11-16,28H2,1-5H3,(H,30,32). The third kappa shape index (κ3) is 5.22. The van der Waals surface area contributed by atoms with Crippen LogP contribution in [0.2, 0.25) is 0 Å². The molecule has 3 N–H and O–H groups in total. The third-order valence-electron chi connectivity index (χ3n) is 7.64. The fourth-order valence-electron chi connectivity index (χ4n) is 5.59. The molecule has 0 saturated carbocycles. The average molecular weight is 515 g/mol. The van der Waals surface area contributed by atoms with Crippen molar-refractivity contribution in [2.24, 2.45) is 11.8 Å². The molecule has 1 amide bonds. The van der Waals surface area contributed by atoms with Gasteiger partial charge in [0.05, 0.1) is 10.5 Å². The number of carbonyl (C=O) groups excluding carboxylic acids is 1. The van der Waals surface area contributed by atoms with Crippen molar-refractivity contribution >= 4 is 27.4 Å². The first-order chi connectivity index (χ1) is 16.8. The highest BCUT2D eigenvalue weighted by Crippen LogP contribution is 2.45. The van der Waals surface area contributed by atoms with Crippen molar-refractivity contribution in [1.82, 2.24) is 9.71 Å². The molecule has 4 rings (SSSR count). The van der Waals surface area contributed by atoms with E-state index < -0.39 is 15.9 Å². The van der Waals surface area contributed by atoms with E-state index in [0.717, 1.165) is 44.7 Å². The van der Waals surface area contributed by atoms with E-state index in [9.17, 15) is 13.2 Å². The Kier molecular flexibility index (Phi) is 7.09. The van der Waals surface area contributed by atoms with Gasteiger partial charge in [-0.1, -0.05) is 26.8 Å². The van der Waals surface area contributed by atoms with Gasteiger partial charge in [0.2, 0.25) is 0 Å². The number of nitrogens with two attached hydrogens (primary N) is 1. The van der Waals surface area contributed by atoms with Crippen LogP contribution in [-0.2, 0) is 20.2 Å². The Morgan fingerprint density at radius 1 is 1.14 bits per heavy atom. The van der Waals surface area contributed by atoms with Gasteiger partial charge in [0.25, 0.3) is 15.9 Å². The van der Waals surface area contributed by atoms with Gasteiger partial charge in [-0.15, -0.1) is 0 Å². The summed E-state index contributed by atoms with van der Waals surface area (Å²) in [5.74, 6) is 0.798. The highest BCUT2D eigenvalue weighted by molar-refractivity contribution is 7.90. The molecule has 3 heterocycles. The normalized spacial score (nSPS) is 20.9. The molecular weight excluding hydrogens is 476 g/mol.